The Labute approximate surface area is 107 Å². The van der Waals surface area contributed by atoms with E-state index in [1.807, 2.05) is 0 Å². The fraction of sp³-hybridized carbons (Fsp3) is 1.00. The molecule has 1 aliphatic carbocycles. The van der Waals surface area contributed by atoms with Crippen molar-refractivity contribution in [2.24, 2.45) is 0 Å². The molecule has 0 unspecified atom stereocenters. The van der Waals surface area contributed by atoms with Crippen LogP contribution in [0.5, 0.6) is 0 Å². The number of nitrogens with zero attached hydrogens (tertiary/aromatic N) is 2. The highest BCUT2D eigenvalue weighted by Gasteiger charge is 2.39. The maximum Gasteiger partial charge on any atom is 0.0431 e. The molecular formula is C14H30N2O. The third kappa shape index (κ3) is 4.57. The summed E-state index contributed by atoms with van der Waals surface area (Å²) in [5.74, 6) is 0. The van der Waals surface area contributed by atoms with Gasteiger partial charge in [-0.3, -0.25) is 0 Å². The summed E-state index contributed by atoms with van der Waals surface area (Å²) in [6.07, 6.45) is 8.75. The van der Waals surface area contributed by atoms with Crippen LogP contribution in [0.1, 0.15) is 44.9 Å². The highest BCUT2D eigenvalue weighted by molar-refractivity contribution is 4.97. The minimum Gasteiger partial charge on any atom is -0.396 e. The molecule has 0 saturated heterocycles. The zero-order chi connectivity index (χ0) is 12.7. The quantitative estimate of drug-likeness (QED) is 0.626. The van der Waals surface area contributed by atoms with E-state index >= 15 is 0 Å². The molecule has 0 aromatic carbocycles. The molecule has 3 heteroatoms. The molecule has 1 fully saturated rings. The van der Waals surface area contributed by atoms with Gasteiger partial charge in [-0.25, -0.2) is 0 Å². The first-order chi connectivity index (χ1) is 8.10. The van der Waals surface area contributed by atoms with Gasteiger partial charge in [0.2, 0.25) is 0 Å². The highest BCUT2D eigenvalue weighted by Crippen LogP contribution is 2.36. The van der Waals surface area contributed by atoms with Gasteiger partial charge < -0.3 is 14.9 Å². The van der Waals surface area contributed by atoms with Crippen LogP contribution in [0.2, 0.25) is 0 Å². The Balaban J connectivity index is 2.13. The van der Waals surface area contributed by atoms with Gasteiger partial charge in [-0.1, -0.05) is 12.8 Å². The van der Waals surface area contributed by atoms with Crippen molar-refractivity contribution in [2.75, 3.05) is 40.8 Å². The Morgan fingerprint density at radius 2 is 1.65 bits per heavy atom. The first-order valence-corrected chi connectivity index (χ1v) is 7.07. The van der Waals surface area contributed by atoms with Crippen LogP contribution in [0.15, 0.2) is 0 Å². The molecule has 0 heterocycles. The molecule has 17 heavy (non-hydrogen) atoms. The van der Waals surface area contributed by atoms with Gasteiger partial charge >= 0.3 is 0 Å². The van der Waals surface area contributed by atoms with E-state index in [2.05, 4.69) is 30.9 Å². The van der Waals surface area contributed by atoms with E-state index in [1.165, 1.54) is 51.6 Å². The average molecular weight is 242 g/mol. The molecule has 1 rings (SSSR count). The fourth-order valence-corrected chi connectivity index (χ4v) is 2.76. The van der Waals surface area contributed by atoms with Crippen LogP contribution in [-0.2, 0) is 0 Å². The van der Waals surface area contributed by atoms with E-state index in [0.717, 1.165) is 6.42 Å². The van der Waals surface area contributed by atoms with Crippen molar-refractivity contribution in [2.45, 2.75) is 50.5 Å². The maximum atomic E-state index is 8.71. The van der Waals surface area contributed by atoms with E-state index < -0.39 is 0 Å². The minimum atomic E-state index is 0.347. The topological polar surface area (TPSA) is 26.7 Å². The van der Waals surface area contributed by atoms with Gasteiger partial charge in [-0.05, 0) is 59.8 Å². The van der Waals surface area contributed by atoms with E-state index in [4.69, 9.17) is 5.11 Å². The van der Waals surface area contributed by atoms with Crippen LogP contribution < -0.4 is 0 Å². The van der Waals surface area contributed by atoms with Gasteiger partial charge in [0.1, 0.15) is 0 Å². The number of unbranched alkanes of at least 4 members (excludes halogenated alkanes) is 3. The summed E-state index contributed by atoms with van der Waals surface area (Å²) in [7, 11) is 6.68. The first kappa shape index (κ1) is 14.9. The lowest BCUT2D eigenvalue weighted by molar-refractivity contribution is 0.0275. The lowest BCUT2D eigenvalue weighted by Crippen LogP contribution is -2.56. The smallest absolute Gasteiger partial charge is 0.0431 e. The third-order valence-corrected chi connectivity index (χ3v) is 4.25. The molecular weight excluding hydrogens is 212 g/mol. The second-order valence-corrected chi connectivity index (χ2v) is 5.85. The van der Waals surface area contributed by atoms with Gasteiger partial charge in [-0.15, -0.1) is 0 Å². The SMILES string of the molecule is CN(CCCCCCO)CC1(N(C)C)CCC1. The molecule has 1 aliphatic rings. The Bertz CT molecular complexity index is 202. The molecule has 0 spiro atoms. The summed E-state index contributed by atoms with van der Waals surface area (Å²) < 4.78 is 0. The molecule has 0 radical (unpaired) electrons. The Kier molecular flexibility index (Phi) is 6.45. The first-order valence-electron chi connectivity index (χ1n) is 7.07. The Morgan fingerprint density at radius 1 is 1.00 bits per heavy atom. The minimum absolute atomic E-state index is 0.347. The molecule has 0 bridgehead atoms. The number of aliphatic hydroxyl groups is 1. The zero-order valence-corrected chi connectivity index (χ0v) is 11.9. The second kappa shape index (κ2) is 7.34. The van der Waals surface area contributed by atoms with Crippen LogP contribution in [0.3, 0.4) is 0 Å². The van der Waals surface area contributed by atoms with E-state index in [9.17, 15) is 0 Å². The van der Waals surface area contributed by atoms with E-state index in [-0.39, 0.29) is 0 Å². The van der Waals surface area contributed by atoms with Crippen molar-refractivity contribution in [1.29, 1.82) is 0 Å². The third-order valence-electron chi connectivity index (χ3n) is 4.25. The number of hydrogen-bond acceptors (Lipinski definition) is 3. The maximum absolute atomic E-state index is 8.71. The van der Waals surface area contributed by atoms with Gasteiger partial charge in [0.15, 0.2) is 0 Å². The van der Waals surface area contributed by atoms with Crippen LogP contribution in [0.25, 0.3) is 0 Å². The second-order valence-electron chi connectivity index (χ2n) is 5.85. The normalized spacial score (nSPS) is 18.7. The van der Waals surface area contributed by atoms with Crippen molar-refractivity contribution in [3.05, 3.63) is 0 Å². The van der Waals surface area contributed by atoms with E-state index in [1.54, 1.807) is 0 Å². The summed E-state index contributed by atoms with van der Waals surface area (Å²) >= 11 is 0. The van der Waals surface area contributed by atoms with Gasteiger partial charge in [-0.2, -0.15) is 0 Å². The van der Waals surface area contributed by atoms with Gasteiger partial charge in [0.25, 0.3) is 0 Å². The lowest BCUT2D eigenvalue weighted by atomic mass is 9.75. The highest BCUT2D eigenvalue weighted by atomic mass is 16.2. The van der Waals surface area contributed by atoms with Crippen LogP contribution in [-0.4, -0.2) is 61.3 Å². The predicted octanol–water partition coefficient (Wildman–Crippen LogP) is 1.96. The molecule has 1 N–H and O–H groups in total. The van der Waals surface area contributed by atoms with Crippen molar-refractivity contribution in [3.63, 3.8) is 0 Å². The molecule has 102 valence electrons. The summed E-state index contributed by atoms with van der Waals surface area (Å²) in [5, 5.41) is 8.71. The van der Waals surface area contributed by atoms with E-state index in [0.29, 0.717) is 12.1 Å². The Hall–Kier alpha value is -0.120. The van der Waals surface area contributed by atoms with Crippen molar-refractivity contribution >= 4 is 0 Å². The van der Waals surface area contributed by atoms with Crippen LogP contribution >= 0.6 is 0 Å². The monoisotopic (exact) mass is 242 g/mol. The van der Waals surface area contributed by atoms with Gasteiger partial charge in [0.05, 0.1) is 0 Å². The molecule has 0 atom stereocenters. The van der Waals surface area contributed by atoms with Crippen LogP contribution in [0.4, 0.5) is 0 Å². The van der Waals surface area contributed by atoms with Crippen LogP contribution in [0, 0.1) is 0 Å². The van der Waals surface area contributed by atoms with Crippen molar-refractivity contribution < 1.29 is 5.11 Å². The zero-order valence-electron chi connectivity index (χ0n) is 11.9. The molecule has 1 saturated carbocycles. The average Bonchev–Trinajstić information content (AvgIpc) is 2.22. The van der Waals surface area contributed by atoms with Crippen molar-refractivity contribution in [1.82, 2.24) is 9.80 Å². The summed E-state index contributed by atoms with van der Waals surface area (Å²) in [6.45, 7) is 2.75. The standard InChI is InChI=1S/C14H30N2O/c1-15(2)14(9-8-10-14)13-16(3)11-6-4-5-7-12-17/h17H,4-13H2,1-3H3. The largest absolute Gasteiger partial charge is 0.396 e. The number of aliphatic hydroxyl groups excluding tert-OH is 1. The summed E-state index contributed by atoms with van der Waals surface area (Å²) in [4.78, 5) is 4.90. The summed E-state index contributed by atoms with van der Waals surface area (Å²) in [6, 6.07) is 0. The molecule has 3 nitrogen and oxygen atoms in total. The van der Waals surface area contributed by atoms with Crippen molar-refractivity contribution in [3.8, 4) is 0 Å². The van der Waals surface area contributed by atoms with Gasteiger partial charge in [0, 0.05) is 18.7 Å². The molecule has 0 amide bonds. The number of rotatable bonds is 9. The molecule has 0 aromatic rings. The number of hydrogen-bond donors (Lipinski definition) is 1. The predicted molar refractivity (Wildman–Crippen MR) is 73.3 cm³/mol. The lowest BCUT2D eigenvalue weighted by Gasteiger charge is -2.49. The molecule has 0 aliphatic heterocycles. The number of likely N-dealkylation sites (N-methyl/N-ethyl adjacent to an activating group) is 2. The summed E-state index contributed by atoms with van der Waals surface area (Å²) in [5.41, 5.74) is 0.458. The molecule has 0 aromatic heterocycles. The Morgan fingerprint density at radius 3 is 2.12 bits per heavy atom. The fourth-order valence-electron chi connectivity index (χ4n) is 2.76.